The van der Waals surface area contributed by atoms with Crippen LogP contribution in [-0.4, -0.2) is 30.5 Å². The smallest absolute Gasteiger partial charge is 0.251 e. The first kappa shape index (κ1) is 23.9. The van der Waals surface area contributed by atoms with Gasteiger partial charge in [-0.3, -0.25) is 9.59 Å². The third-order valence-electron chi connectivity index (χ3n) is 4.73. The van der Waals surface area contributed by atoms with Crippen molar-refractivity contribution < 1.29 is 14.3 Å². The van der Waals surface area contributed by atoms with Crippen LogP contribution in [0.3, 0.4) is 0 Å². The van der Waals surface area contributed by atoms with Gasteiger partial charge in [-0.15, -0.1) is 0 Å². The van der Waals surface area contributed by atoms with E-state index < -0.39 is 0 Å². The minimum Gasteiger partial charge on any atom is -0.493 e. The van der Waals surface area contributed by atoms with Crippen LogP contribution in [0, 0.1) is 0 Å². The minimum absolute atomic E-state index is 0.114. The number of benzene rings is 3. The van der Waals surface area contributed by atoms with Gasteiger partial charge < -0.3 is 20.7 Å². The summed E-state index contributed by atoms with van der Waals surface area (Å²) < 4.78 is 5.77. The van der Waals surface area contributed by atoms with Gasteiger partial charge in [-0.25, -0.2) is 0 Å². The molecule has 0 saturated heterocycles. The summed E-state index contributed by atoms with van der Waals surface area (Å²) in [5.74, 6) is 0.472. The second-order valence-corrected chi connectivity index (χ2v) is 8.79. The van der Waals surface area contributed by atoms with Crippen LogP contribution in [0.15, 0.2) is 78.9 Å². The predicted molar refractivity (Wildman–Crippen MR) is 133 cm³/mol. The summed E-state index contributed by atoms with van der Waals surface area (Å²) in [7, 11) is 0. The van der Waals surface area contributed by atoms with Crippen LogP contribution in [0.5, 0.6) is 5.75 Å². The van der Waals surface area contributed by atoms with E-state index in [9.17, 15) is 9.59 Å². The molecule has 3 aromatic rings. The Morgan fingerprint density at radius 3 is 2.09 bits per heavy atom. The van der Waals surface area contributed by atoms with Gasteiger partial charge >= 0.3 is 0 Å². The first-order valence-corrected chi connectivity index (χ1v) is 11.0. The van der Waals surface area contributed by atoms with E-state index in [2.05, 4.69) is 28.1 Å². The summed E-state index contributed by atoms with van der Waals surface area (Å²) in [6.45, 7) is 6.52. The molecule has 3 aromatic carbocycles. The van der Waals surface area contributed by atoms with Gasteiger partial charge in [-0.2, -0.15) is 0 Å². The Kier molecular flexibility index (Phi) is 8.08. The van der Waals surface area contributed by atoms with Crippen molar-refractivity contribution in [2.45, 2.75) is 32.7 Å². The topological polar surface area (TPSA) is 79.5 Å². The Morgan fingerprint density at radius 1 is 0.818 bits per heavy atom. The molecule has 0 aromatic heterocycles. The Labute approximate surface area is 195 Å². The summed E-state index contributed by atoms with van der Waals surface area (Å²) in [5, 5.41) is 8.84. The maximum absolute atomic E-state index is 12.3. The fourth-order valence-electron chi connectivity index (χ4n) is 3.11. The highest BCUT2D eigenvalue weighted by atomic mass is 16.5. The van der Waals surface area contributed by atoms with Gasteiger partial charge in [-0.05, 0) is 74.9 Å². The Hall–Kier alpha value is -3.80. The molecule has 0 heterocycles. The summed E-state index contributed by atoms with van der Waals surface area (Å²) in [6, 6.07) is 24.5. The number of hydrogen-bond donors (Lipinski definition) is 3. The molecule has 3 N–H and O–H groups in total. The molecule has 0 unspecified atom stereocenters. The predicted octanol–water partition coefficient (Wildman–Crippen LogP) is 4.89. The third kappa shape index (κ3) is 8.33. The zero-order valence-corrected chi connectivity index (χ0v) is 19.4. The Balaban J connectivity index is 1.41. The van der Waals surface area contributed by atoms with E-state index in [0.29, 0.717) is 17.9 Å². The number of hydrogen-bond acceptors (Lipinski definition) is 4. The number of rotatable bonds is 9. The van der Waals surface area contributed by atoms with Crippen molar-refractivity contribution in [1.82, 2.24) is 5.32 Å². The second kappa shape index (κ2) is 11.2. The highest BCUT2D eigenvalue weighted by Crippen LogP contribution is 2.16. The molecule has 0 fully saturated rings. The van der Waals surface area contributed by atoms with Gasteiger partial charge in [0, 0.05) is 28.9 Å². The normalized spacial score (nSPS) is 10.9. The average molecular weight is 446 g/mol. The number of carbonyl (C=O) groups excluding carboxylic acids is 2. The van der Waals surface area contributed by atoms with E-state index in [1.54, 1.807) is 24.3 Å². The van der Waals surface area contributed by atoms with E-state index in [1.165, 1.54) is 5.56 Å². The monoisotopic (exact) mass is 445 g/mol. The largest absolute Gasteiger partial charge is 0.493 e. The molecule has 0 spiro atoms. The van der Waals surface area contributed by atoms with Gasteiger partial charge in [0.15, 0.2) is 0 Å². The number of anilines is 2. The van der Waals surface area contributed by atoms with Crippen LogP contribution in [0.25, 0.3) is 0 Å². The fraction of sp³-hybridized carbons (Fsp3) is 0.259. The summed E-state index contributed by atoms with van der Waals surface area (Å²) in [4.78, 5) is 24.4. The summed E-state index contributed by atoms with van der Waals surface area (Å²) >= 11 is 0. The van der Waals surface area contributed by atoms with Crippen LogP contribution in [-0.2, 0) is 11.2 Å². The highest BCUT2D eigenvalue weighted by molar-refractivity contribution is 5.95. The molecule has 172 valence electrons. The van der Waals surface area contributed by atoms with Crippen LogP contribution < -0.4 is 20.7 Å². The van der Waals surface area contributed by atoms with E-state index in [0.717, 1.165) is 17.9 Å². The van der Waals surface area contributed by atoms with Crippen molar-refractivity contribution in [2.24, 2.45) is 0 Å². The average Bonchev–Trinajstić information content (AvgIpc) is 2.79. The highest BCUT2D eigenvalue weighted by Gasteiger charge is 2.15. The summed E-state index contributed by atoms with van der Waals surface area (Å²) in [6.07, 6.45) is 0.841. The maximum atomic E-state index is 12.3. The van der Waals surface area contributed by atoms with Crippen LogP contribution in [0.4, 0.5) is 11.4 Å². The van der Waals surface area contributed by atoms with Crippen LogP contribution in [0.1, 0.15) is 36.7 Å². The molecular weight excluding hydrogens is 414 g/mol. The quantitative estimate of drug-likeness (QED) is 0.438. The van der Waals surface area contributed by atoms with Gasteiger partial charge in [0.2, 0.25) is 5.91 Å². The molecule has 2 amide bonds. The van der Waals surface area contributed by atoms with E-state index in [-0.39, 0.29) is 23.9 Å². The minimum atomic E-state index is -0.293. The Morgan fingerprint density at radius 2 is 1.45 bits per heavy atom. The molecule has 33 heavy (non-hydrogen) atoms. The number of nitrogens with one attached hydrogen (secondary N) is 3. The van der Waals surface area contributed by atoms with Gasteiger partial charge in [0.25, 0.3) is 5.91 Å². The number of ether oxygens (including phenoxy) is 1. The van der Waals surface area contributed by atoms with E-state index >= 15 is 0 Å². The van der Waals surface area contributed by atoms with Crippen LogP contribution in [0.2, 0.25) is 0 Å². The molecule has 0 radical (unpaired) electrons. The zero-order chi connectivity index (χ0) is 23.7. The third-order valence-corrected chi connectivity index (χ3v) is 4.73. The molecule has 0 saturated carbocycles. The van der Waals surface area contributed by atoms with Crippen LogP contribution >= 0.6 is 0 Å². The summed E-state index contributed by atoms with van der Waals surface area (Å²) in [5.41, 5.74) is 2.98. The van der Waals surface area contributed by atoms with Gasteiger partial charge in [0.05, 0.1) is 13.2 Å². The molecule has 6 heteroatoms. The first-order valence-electron chi connectivity index (χ1n) is 11.0. The molecule has 0 atom stereocenters. The standard InChI is InChI=1S/C27H31N3O3/c1-27(2,3)30-26(32)21-9-11-22(12-10-21)28-19-25(31)29-23-13-15-24(16-14-23)33-18-17-20-7-5-4-6-8-20/h4-16,28H,17-19H2,1-3H3,(H,29,31)(H,30,32). The molecular formula is C27H31N3O3. The lowest BCUT2D eigenvalue weighted by Crippen LogP contribution is -2.40. The van der Waals surface area contributed by atoms with Crippen molar-refractivity contribution in [2.75, 3.05) is 23.8 Å². The zero-order valence-electron chi connectivity index (χ0n) is 19.4. The van der Waals surface area contributed by atoms with Crippen molar-refractivity contribution in [3.8, 4) is 5.75 Å². The van der Waals surface area contributed by atoms with E-state index in [1.807, 2.05) is 63.2 Å². The lowest BCUT2D eigenvalue weighted by atomic mass is 10.1. The first-order chi connectivity index (χ1) is 15.8. The van der Waals surface area contributed by atoms with Crippen molar-refractivity contribution in [1.29, 1.82) is 0 Å². The molecule has 0 aliphatic heterocycles. The molecule has 0 aliphatic carbocycles. The van der Waals surface area contributed by atoms with Crippen molar-refractivity contribution in [3.05, 3.63) is 90.0 Å². The van der Waals surface area contributed by atoms with Gasteiger partial charge in [0.1, 0.15) is 5.75 Å². The fourth-order valence-corrected chi connectivity index (χ4v) is 3.11. The van der Waals surface area contributed by atoms with Crippen molar-refractivity contribution >= 4 is 23.2 Å². The second-order valence-electron chi connectivity index (χ2n) is 8.79. The molecule has 0 bridgehead atoms. The van der Waals surface area contributed by atoms with Crippen molar-refractivity contribution in [3.63, 3.8) is 0 Å². The lowest BCUT2D eigenvalue weighted by molar-refractivity contribution is -0.114. The lowest BCUT2D eigenvalue weighted by Gasteiger charge is -2.20. The number of amides is 2. The SMILES string of the molecule is CC(C)(C)NC(=O)c1ccc(NCC(=O)Nc2ccc(OCCc3ccccc3)cc2)cc1. The maximum Gasteiger partial charge on any atom is 0.251 e. The molecule has 6 nitrogen and oxygen atoms in total. The van der Waals surface area contributed by atoms with Gasteiger partial charge in [-0.1, -0.05) is 30.3 Å². The molecule has 0 aliphatic rings. The number of carbonyl (C=O) groups is 2. The van der Waals surface area contributed by atoms with E-state index in [4.69, 9.17) is 4.74 Å². The molecule has 3 rings (SSSR count). The Bertz CT molecular complexity index is 1040.